The first-order chi connectivity index (χ1) is 17.3. The minimum absolute atomic E-state index is 0.0352. The molecule has 0 spiro atoms. The zero-order chi connectivity index (χ0) is 26.1. The quantitative estimate of drug-likeness (QED) is 0.156. The number of thiazole rings is 1. The van der Waals surface area contributed by atoms with Crippen molar-refractivity contribution in [2.24, 2.45) is 22.4 Å². The molecule has 1 aromatic rings. The summed E-state index contributed by atoms with van der Waals surface area (Å²) in [5.41, 5.74) is 10.7. The van der Waals surface area contributed by atoms with Crippen molar-refractivity contribution in [1.29, 1.82) is 0 Å². The van der Waals surface area contributed by atoms with Crippen LogP contribution in [0.1, 0.15) is 61.2 Å². The third-order valence-electron chi connectivity index (χ3n) is 6.88. The summed E-state index contributed by atoms with van der Waals surface area (Å²) in [6.45, 7) is 1.11. The Bertz CT molecular complexity index is 942. The number of ketones is 2. The number of aromatic nitrogens is 1. The third-order valence-corrected chi connectivity index (χ3v) is 7.67. The van der Waals surface area contributed by atoms with Crippen molar-refractivity contribution in [2.45, 2.75) is 63.5 Å². The Kier molecular flexibility index (Phi) is 10.4. The maximum atomic E-state index is 13.2. The van der Waals surface area contributed by atoms with Crippen LogP contribution in [0.3, 0.4) is 0 Å². The van der Waals surface area contributed by atoms with E-state index < -0.39 is 18.0 Å². The Labute approximate surface area is 215 Å². The molecule has 2 atom stereocenters. The van der Waals surface area contributed by atoms with Gasteiger partial charge in [0.05, 0.1) is 18.6 Å². The molecule has 1 saturated heterocycles. The minimum Gasteiger partial charge on any atom is -0.370 e. The van der Waals surface area contributed by atoms with E-state index >= 15 is 0 Å². The van der Waals surface area contributed by atoms with E-state index in [4.69, 9.17) is 11.5 Å². The highest BCUT2D eigenvalue weighted by molar-refractivity contribution is 7.11. The molecule has 3 rings (SSSR count). The molecule has 1 aliphatic heterocycles. The first-order valence-corrected chi connectivity index (χ1v) is 13.4. The molecule has 0 radical (unpaired) electrons. The number of hydrogen-bond acceptors (Lipinski definition) is 8. The predicted molar refractivity (Wildman–Crippen MR) is 137 cm³/mol. The van der Waals surface area contributed by atoms with E-state index in [2.05, 4.69) is 15.3 Å². The molecule has 36 heavy (non-hydrogen) atoms. The summed E-state index contributed by atoms with van der Waals surface area (Å²) in [6, 6.07) is -1.36. The lowest BCUT2D eigenvalue weighted by molar-refractivity contribution is -0.146. The van der Waals surface area contributed by atoms with Crippen LogP contribution >= 0.6 is 11.3 Å². The number of carbonyl (C=O) groups is 4. The van der Waals surface area contributed by atoms with E-state index in [1.807, 2.05) is 11.9 Å². The zero-order valence-corrected chi connectivity index (χ0v) is 21.7. The normalized spacial score (nSPS) is 20.1. The SMILES string of the molecule is CN1CCN(CC(=O)N[C@@H](CCCN=C(N)N)C(=O)c2nccs2)C(=O)[C@H]1CC(=O)C1CCCCC1. The molecule has 0 bridgehead atoms. The number of piperazine rings is 1. The monoisotopic (exact) mass is 519 g/mol. The second-order valence-corrected chi connectivity index (χ2v) is 10.4. The molecule has 198 valence electrons. The fourth-order valence-electron chi connectivity index (χ4n) is 4.81. The van der Waals surface area contributed by atoms with E-state index in [9.17, 15) is 19.2 Å². The summed E-state index contributed by atoms with van der Waals surface area (Å²) in [4.78, 5) is 63.3. The van der Waals surface area contributed by atoms with Gasteiger partial charge in [-0.05, 0) is 32.7 Å². The molecule has 1 aliphatic carbocycles. The van der Waals surface area contributed by atoms with Crippen LogP contribution in [0.4, 0.5) is 0 Å². The number of carbonyl (C=O) groups excluding carboxylic acids is 4. The van der Waals surface area contributed by atoms with E-state index in [1.54, 1.807) is 5.38 Å². The van der Waals surface area contributed by atoms with Gasteiger partial charge in [-0.3, -0.25) is 29.1 Å². The van der Waals surface area contributed by atoms with Crippen molar-refractivity contribution in [3.63, 3.8) is 0 Å². The summed E-state index contributed by atoms with van der Waals surface area (Å²) >= 11 is 1.20. The Morgan fingerprint density at radius 2 is 1.97 bits per heavy atom. The van der Waals surface area contributed by atoms with E-state index in [-0.39, 0.29) is 42.3 Å². The largest absolute Gasteiger partial charge is 0.370 e. The summed E-state index contributed by atoms with van der Waals surface area (Å²) in [6.07, 6.45) is 7.60. The van der Waals surface area contributed by atoms with Gasteiger partial charge in [-0.15, -0.1) is 11.3 Å². The third kappa shape index (κ3) is 7.82. The van der Waals surface area contributed by atoms with Crippen molar-refractivity contribution >= 4 is 40.7 Å². The molecule has 2 aliphatic rings. The summed E-state index contributed by atoms with van der Waals surface area (Å²) < 4.78 is 0. The number of nitrogens with zero attached hydrogens (tertiary/aromatic N) is 4. The van der Waals surface area contributed by atoms with Crippen molar-refractivity contribution in [3.05, 3.63) is 16.6 Å². The second-order valence-electron chi connectivity index (χ2n) is 9.53. The number of hydrogen-bond donors (Lipinski definition) is 3. The number of guanidine groups is 1. The van der Waals surface area contributed by atoms with Gasteiger partial charge in [0.1, 0.15) is 5.78 Å². The Morgan fingerprint density at radius 3 is 2.64 bits per heavy atom. The topological polar surface area (TPSA) is 164 Å². The zero-order valence-electron chi connectivity index (χ0n) is 20.9. The van der Waals surface area contributed by atoms with Crippen LogP contribution in [0.2, 0.25) is 0 Å². The number of nitrogens with one attached hydrogen (secondary N) is 1. The average molecular weight is 520 g/mol. The predicted octanol–water partition coefficient (Wildman–Crippen LogP) is 0.546. The number of rotatable bonds is 12. The lowest BCUT2D eigenvalue weighted by atomic mass is 9.84. The fourth-order valence-corrected chi connectivity index (χ4v) is 5.44. The van der Waals surface area contributed by atoms with Gasteiger partial charge in [0, 0.05) is 43.5 Å². The summed E-state index contributed by atoms with van der Waals surface area (Å²) in [5.74, 6) is -0.799. The van der Waals surface area contributed by atoms with E-state index in [0.29, 0.717) is 37.5 Å². The maximum Gasteiger partial charge on any atom is 0.240 e. The number of likely N-dealkylation sites (N-methyl/N-ethyl adjacent to an activating group) is 1. The van der Waals surface area contributed by atoms with Gasteiger partial charge >= 0.3 is 0 Å². The highest BCUT2D eigenvalue weighted by Gasteiger charge is 2.37. The molecule has 2 amide bonds. The smallest absolute Gasteiger partial charge is 0.240 e. The standard InChI is InChI=1S/C24H37N7O4S/c1-30-11-12-31(23(35)18(30)14-19(32)16-6-3-2-4-7-16)15-20(33)29-17(8-5-9-28-24(25)26)21(34)22-27-10-13-36-22/h10,13,16-18H,2-9,11-12,14-15H2,1H3,(H,29,33)(H4,25,26,28)/t17-,18+/m0/s1. The molecular formula is C24H37N7O4S. The average Bonchev–Trinajstić information content (AvgIpc) is 3.40. The van der Waals surface area contributed by atoms with Crippen molar-refractivity contribution < 1.29 is 19.2 Å². The number of amides is 2. The lowest BCUT2D eigenvalue weighted by Gasteiger charge is -2.38. The summed E-state index contributed by atoms with van der Waals surface area (Å²) in [7, 11) is 1.84. The van der Waals surface area contributed by atoms with E-state index in [0.717, 1.165) is 32.1 Å². The van der Waals surface area contributed by atoms with E-state index in [1.165, 1.54) is 22.4 Å². The van der Waals surface area contributed by atoms with Crippen LogP contribution in [0.15, 0.2) is 16.6 Å². The van der Waals surface area contributed by atoms with Gasteiger partial charge in [-0.2, -0.15) is 0 Å². The van der Waals surface area contributed by atoms with Crippen LogP contribution in [0.25, 0.3) is 0 Å². The van der Waals surface area contributed by atoms with Gasteiger partial charge in [-0.1, -0.05) is 19.3 Å². The number of aliphatic imine (C=N–C) groups is 1. The highest BCUT2D eigenvalue weighted by Crippen LogP contribution is 2.27. The molecule has 11 nitrogen and oxygen atoms in total. The Hall–Kier alpha value is -2.86. The van der Waals surface area contributed by atoms with Crippen LogP contribution in [0.5, 0.6) is 0 Å². The van der Waals surface area contributed by atoms with Crippen LogP contribution in [-0.4, -0.2) is 89.4 Å². The van der Waals surface area contributed by atoms with Crippen LogP contribution < -0.4 is 16.8 Å². The second kappa shape index (κ2) is 13.4. The lowest BCUT2D eigenvalue weighted by Crippen LogP contribution is -2.58. The fraction of sp³-hybridized carbons (Fsp3) is 0.667. The van der Waals surface area contributed by atoms with Gasteiger partial charge < -0.3 is 21.7 Å². The molecule has 1 aromatic heterocycles. The molecule has 2 heterocycles. The highest BCUT2D eigenvalue weighted by atomic mass is 32.1. The first kappa shape index (κ1) is 27.7. The van der Waals surface area contributed by atoms with Gasteiger partial charge in [0.25, 0.3) is 0 Å². The van der Waals surface area contributed by atoms with Gasteiger partial charge in [-0.25, -0.2) is 4.98 Å². The molecule has 12 heteroatoms. The van der Waals surface area contributed by atoms with Crippen molar-refractivity contribution in [2.75, 3.05) is 33.2 Å². The summed E-state index contributed by atoms with van der Waals surface area (Å²) in [5, 5.41) is 4.77. The first-order valence-electron chi connectivity index (χ1n) is 12.6. The number of nitrogens with two attached hydrogens (primary N) is 2. The molecule has 0 aromatic carbocycles. The Balaban J connectivity index is 1.59. The number of Topliss-reactive ketones (excluding diaryl/α,β-unsaturated/α-hetero) is 2. The van der Waals surface area contributed by atoms with Crippen molar-refractivity contribution in [1.82, 2.24) is 20.1 Å². The van der Waals surface area contributed by atoms with Crippen molar-refractivity contribution in [3.8, 4) is 0 Å². The molecule has 1 saturated carbocycles. The molecular weight excluding hydrogens is 482 g/mol. The van der Waals surface area contributed by atoms with Crippen LogP contribution in [-0.2, 0) is 14.4 Å². The van der Waals surface area contributed by atoms with Crippen LogP contribution in [0, 0.1) is 5.92 Å². The maximum absolute atomic E-state index is 13.2. The molecule has 5 N–H and O–H groups in total. The molecule has 0 unspecified atom stereocenters. The van der Waals surface area contributed by atoms with Gasteiger partial charge in [0.2, 0.25) is 17.6 Å². The minimum atomic E-state index is -0.802. The van der Waals surface area contributed by atoms with Gasteiger partial charge in [0.15, 0.2) is 11.0 Å². The molecule has 2 fully saturated rings. The Morgan fingerprint density at radius 1 is 1.22 bits per heavy atom.